The van der Waals surface area contributed by atoms with Gasteiger partial charge in [0.15, 0.2) is 5.78 Å². The first-order valence-electron chi connectivity index (χ1n) is 7.12. The van der Waals surface area contributed by atoms with Crippen molar-refractivity contribution in [1.82, 2.24) is 0 Å². The number of Topliss-reactive ketones (excluding diaryl/α,β-unsaturated/α-hetero) is 1. The van der Waals surface area contributed by atoms with Crippen LogP contribution in [0.2, 0.25) is 5.02 Å². The van der Waals surface area contributed by atoms with Crippen LogP contribution in [0.25, 0.3) is 0 Å². The summed E-state index contributed by atoms with van der Waals surface area (Å²) in [5.41, 5.74) is 1.35. The second-order valence-electron chi connectivity index (χ2n) is 5.82. The van der Waals surface area contributed by atoms with Crippen LogP contribution in [-0.4, -0.2) is 31.2 Å². The number of rotatable bonds is 2. The van der Waals surface area contributed by atoms with E-state index in [4.69, 9.17) is 21.1 Å². The van der Waals surface area contributed by atoms with E-state index in [2.05, 4.69) is 0 Å². The lowest BCUT2D eigenvalue weighted by molar-refractivity contribution is -0.0920. The zero-order valence-electron chi connectivity index (χ0n) is 11.7. The van der Waals surface area contributed by atoms with Gasteiger partial charge in [0.05, 0.1) is 17.2 Å². The second-order valence-corrected chi connectivity index (χ2v) is 6.20. The molecule has 0 aliphatic carbocycles. The van der Waals surface area contributed by atoms with Gasteiger partial charge >= 0.3 is 0 Å². The quantitative estimate of drug-likeness (QED) is 0.784. The molecule has 1 aromatic rings. The summed E-state index contributed by atoms with van der Waals surface area (Å²) in [7, 11) is 0. The number of carbonyl (C=O) groups excluding carboxylic acids is 1. The molecule has 0 aromatic heterocycles. The average Bonchev–Trinajstić information content (AvgIpc) is 2.89. The molecular formula is C16H19ClO3. The van der Waals surface area contributed by atoms with E-state index in [0.29, 0.717) is 23.8 Å². The van der Waals surface area contributed by atoms with Gasteiger partial charge in [-0.25, -0.2) is 0 Å². The summed E-state index contributed by atoms with van der Waals surface area (Å²) < 4.78 is 11.3. The summed E-state index contributed by atoms with van der Waals surface area (Å²) in [4.78, 5) is 12.7. The van der Waals surface area contributed by atoms with E-state index in [9.17, 15) is 4.79 Å². The Labute approximate surface area is 124 Å². The van der Waals surface area contributed by atoms with Crippen LogP contribution in [0.3, 0.4) is 0 Å². The van der Waals surface area contributed by atoms with Gasteiger partial charge < -0.3 is 9.47 Å². The first-order chi connectivity index (χ1) is 9.61. The van der Waals surface area contributed by atoms with Gasteiger partial charge in [0.2, 0.25) is 0 Å². The number of ether oxygens (including phenoxy) is 2. The molecule has 0 amide bonds. The van der Waals surface area contributed by atoms with E-state index < -0.39 is 0 Å². The van der Waals surface area contributed by atoms with Crippen LogP contribution in [-0.2, 0) is 9.47 Å². The summed E-state index contributed by atoms with van der Waals surface area (Å²) in [6, 6.07) is 5.64. The van der Waals surface area contributed by atoms with Crippen LogP contribution in [0.4, 0.5) is 0 Å². The maximum Gasteiger partial charge on any atom is 0.167 e. The lowest BCUT2D eigenvalue weighted by atomic mass is 9.81. The Hall–Kier alpha value is -0.900. The second kappa shape index (κ2) is 5.47. The Morgan fingerprint density at radius 3 is 3.00 bits per heavy atom. The first kappa shape index (κ1) is 14.1. The summed E-state index contributed by atoms with van der Waals surface area (Å²) in [6.45, 7) is 3.89. The van der Waals surface area contributed by atoms with Gasteiger partial charge in [-0.3, -0.25) is 4.79 Å². The molecule has 0 radical (unpaired) electrons. The standard InChI is InChI=1S/C16H19ClO3/c1-11-3-2-4-13(14(11)17)15(18)12-5-7-20-16(9-12)6-8-19-10-16/h2-4,12H,5-10H2,1H3. The Kier molecular flexibility index (Phi) is 3.85. The average molecular weight is 295 g/mol. The molecular weight excluding hydrogens is 276 g/mol. The maximum atomic E-state index is 12.7. The molecule has 20 heavy (non-hydrogen) atoms. The highest BCUT2D eigenvalue weighted by Crippen LogP contribution is 2.38. The Bertz CT molecular complexity index is 520. The third-order valence-electron chi connectivity index (χ3n) is 4.39. The Morgan fingerprint density at radius 1 is 1.40 bits per heavy atom. The summed E-state index contributed by atoms with van der Waals surface area (Å²) in [5, 5.41) is 0.584. The highest BCUT2D eigenvalue weighted by Gasteiger charge is 2.43. The van der Waals surface area contributed by atoms with Crippen LogP contribution >= 0.6 is 11.6 Å². The van der Waals surface area contributed by atoms with Gasteiger partial charge in [-0.1, -0.05) is 23.7 Å². The number of hydrogen-bond donors (Lipinski definition) is 0. The molecule has 2 saturated heterocycles. The highest BCUT2D eigenvalue weighted by atomic mass is 35.5. The van der Waals surface area contributed by atoms with Gasteiger partial charge in [-0.15, -0.1) is 0 Å². The fourth-order valence-electron chi connectivity index (χ4n) is 3.17. The maximum absolute atomic E-state index is 12.7. The Balaban J connectivity index is 1.81. The van der Waals surface area contributed by atoms with E-state index in [1.165, 1.54) is 0 Å². The Morgan fingerprint density at radius 2 is 2.25 bits per heavy atom. The van der Waals surface area contributed by atoms with Crippen molar-refractivity contribution < 1.29 is 14.3 Å². The van der Waals surface area contributed by atoms with Crippen molar-refractivity contribution in [2.75, 3.05) is 19.8 Å². The zero-order valence-corrected chi connectivity index (χ0v) is 12.4. The summed E-state index contributed by atoms with van der Waals surface area (Å²) >= 11 is 6.28. The lowest BCUT2D eigenvalue weighted by Gasteiger charge is -2.36. The molecule has 108 valence electrons. The van der Waals surface area contributed by atoms with Crippen LogP contribution in [0.5, 0.6) is 0 Å². The number of ketones is 1. The van der Waals surface area contributed by atoms with Gasteiger partial charge in [0, 0.05) is 31.1 Å². The van der Waals surface area contributed by atoms with Crippen LogP contribution in [0.15, 0.2) is 18.2 Å². The molecule has 0 bridgehead atoms. The third kappa shape index (κ3) is 2.50. The van der Waals surface area contributed by atoms with E-state index >= 15 is 0 Å². The highest BCUT2D eigenvalue weighted by molar-refractivity contribution is 6.34. The van der Waals surface area contributed by atoms with E-state index in [0.717, 1.165) is 31.4 Å². The molecule has 4 heteroatoms. The number of halogens is 1. The van der Waals surface area contributed by atoms with Crippen molar-refractivity contribution in [1.29, 1.82) is 0 Å². The van der Waals surface area contributed by atoms with E-state index in [1.54, 1.807) is 0 Å². The molecule has 1 aromatic carbocycles. The first-order valence-corrected chi connectivity index (χ1v) is 7.50. The molecule has 2 aliphatic heterocycles. The predicted molar refractivity (Wildman–Crippen MR) is 77.4 cm³/mol. The largest absolute Gasteiger partial charge is 0.378 e. The minimum Gasteiger partial charge on any atom is -0.378 e. The molecule has 2 fully saturated rings. The van der Waals surface area contributed by atoms with Gasteiger partial charge in [-0.05, 0) is 31.4 Å². The number of carbonyl (C=O) groups is 1. The fraction of sp³-hybridized carbons (Fsp3) is 0.562. The van der Waals surface area contributed by atoms with E-state index in [1.807, 2.05) is 25.1 Å². The van der Waals surface area contributed by atoms with Crippen molar-refractivity contribution in [3.63, 3.8) is 0 Å². The van der Waals surface area contributed by atoms with Crippen molar-refractivity contribution >= 4 is 17.4 Å². The topological polar surface area (TPSA) is 35.5 Å². The molecule has 2 atom stereocenters. The lowest BCUT2D eigenvalue weighted by Crippen LogP contribution is -2.42. The molecule has 2 aliphatic rings. The smallest absolute Gasteiger partial charge is 0.167 e. The third-order valence-corrected chi connectivity index (χ3v) is 4.89. The molecule has 0 N–H and O–H groups in total. The minimum atomic E-state index is -0.241. The molecule has 3 nitrogen and oxygen atoms in total. The van der Waals surface area contributed by atoms with Crippen LogP contribution in [0.1, 0.15) is 35.2 Å². The van der Waals surface area contributed by atoms with Gasteiger partial charge in [-0.2, -0.15) is 0 Å². The minimum absolute atomic E-state index is 0.00949. The predicted octanol–water partition coefficient (Wildman–Crippen LogP) is 3.42. The fourth-order valence-corrected chi connectivity index (χ4v) is 3.39. The molecule has 3 rings (SSSR count). The number of benzene rings is 1. The van der Waals surface area contributed by atoms with Crippen molar-refractivity contribution in [3.8, 4) is 0 Å². The molecule has 0 saturated carbocycles. The zero-order chi connectivity index (χ0) is 14.2. The molecule has 2 heterocycles. The number of hydrogen-bond acceptors (Lipinski definition) is 3. The van der Waals surface area contributed by atoms with Crippen molar-refractivity contribution in [3.05, 3.63) is 34.3 Å². The summed E-state index contributed by atoms with van der Waals surface area (Å²) in [5.74, 6) is 0.137. The van der Waals surface area contributed by atoms with Gasteiger partial charge in [0.1, 0.15) is 0 Å². The van der Waals surface area contributed by atoms with Crippen molar-refractivity contribution in [2.45, 2.75) is 31.8 Å². The normalized spacial score (nSPS) is 29.8. The monoisotopic (exact) mass is 294 g/mol. The van der Waals surface area contributed by atoms with Crippen LogP contribution in [0, 0.1) is 12.8 Å². The SMILES string of the molecule is Cc1cccc(C(=O)C2CCOC3(CCOC3)C2)c1Cl. The number of aryl methyl sites for hydroxylation is 1. The molecule has 1 spiro atoms. The van der Waals surface area contributed by atoms with Gasteiger partial charge in [0.25, 0.3) is 0 Å². The molecule has 2 unspecified atom stereocenters. The summed E-state index contributed by atoms with van der Waals surface area (Å²) in [6.07, 6.45) is 2.40. The van der Waals surface area contributed by atoms with Crippen molar-refractivity contribution in [2.24, 2.45) is 5.92 Å². The van der Waals surface area contributed by atoms with E-state index in [-0.39, 0.29) is 17.3 Å². The van der Waals surface area contributed by atoms with Crippen LogP contribution < -0.4 is 0 Å².